The van der Waals surface area contributed by atoms with Crippen LogP contribution in [0.5, 0.6) is 0 Å². The van der Waals surface area contributed by atoms with E-state index in [0.29, 0.717) is 0 Å². The summed E-state index contributed by atoms with van der Waals surface area (Å²) >= 11 is 0. The smallest absolute Gasteiger partial charge is 0.0626 e. The second kappa shape index (κ2) is 2.70. The van der Waals surface area contributed by atoms with Gasteiger partial charge in [0.1, 0.15) is 0 Å². The summed E-state index contributed by atoms with van der Waals surface area (Å²) < 4.78 is 5.59. The normalized spacial score (nSPS) is 27.3. The van der Waals surface area contributed by atoms with Gasteiger partial charge in [-0.05, 0) is 26.7 Å². The quantitative estimate of drug-likeness (QED) is 0.486. The summed E-state index contributed by atoms with van der Waals surface area (Å²) in [6.07, 6.45) is 5.17. The van der Waals surface area contributed by atoms with Crippen LogP contribution in [0.4, 0.5) is 0 Å². The maximum absolute atomic E-state index is 5.59. The molecule has 0 saturated carbocycles. The van der Waals surface area contributed by atoms with Crippen LogP contribution < -0.4 is 0 Å². The molecule has 0 aromatic heterocycles. The van der Waals surface area contributed by atoms with Gasteiger partial charge < -0.3 is 4.74 Å². The van der Waals surface area contributed by atoms with Gasteiger partial charge >= 0.3 is 0 Å². The molecule has 0 radical (unpaired) electrons. The molecule has 0 bridgehead atoms. The molecule has 1 nitrogen and oxygen atoms in total. The van der Waals surface area contributed by atoms with Gasteiger partial charge in [0, 0.05) is 6.61 Å². The van der Waals surface area contributed by atoms with E-state index in [-0.39, 0.29) is 5.60 Å². The van der Waals surface area contributed by atoms with Crippen LogP contribution in [0.25, 0.3) is 0 Å². The van der Waals surface area contributed by atoms with Gasteiger partial charge in [0.25, 0.3) is 0 Å². The molecular weight excluding hydrogens is 112 g/mol. The maximum Gasteiger partial charge on any atom is 0.0626 e. The van der Waals surface area contributed by atoms with Crippen molar-refractivity contribution in [1.29, 1.82) is 0 Å². The summed E-state index contributed by atoms with van der Waals surface area (Å²) in [7, 11) is 0. The second-order valence-electron chi connectivity index (χ2n) is 3.42. The fourth-order valence-corrected chi connectivity index (χ4v) is 1.25. The Morgan fingerprint density at radius 1 is 1.11 bits per heavy atom. The van der Waals surface area contributed by atoms with Gasteiger partial charge in [-0.15, -0.1) is 0 Å². The summed E-state index contributed by atoms with van der Waals surface area (Å²) in [6, 6.07) is 0. The van der Waals surface area contributed by atoms with Gasteiger partial charge in [0.15, 0.2) is 0 Å². The molecule has 0 amide bonds. The Kier molecular flexibility index (Phi) is 2.12. The first-order valence-corrected chi connectivity index (χ1v) is 3.85. The van der Waals surface area contributed by atoms with E-state index in [1.165, 1.54) is 25.7 Å². The molecule has 0 aromatic carbocycles. The van der Waals surface area contributed by atoms with Crippen LogP contribution in [-0.2, 0) is 4.74 Å². The van der Waals surface area contributed by atoms with E-state index in [2.05, 4.69) is 13.8 Å². The van der Waals surface area contributed by atoms with Crippen LogP contribution in [0.3, 0.4) is 0 Å². The highest BCUT2D eigenvalue weighted by atomic mass is 16.5. The summed E-state index contributed by atoms with van der Waals surface area (Å²) in [4.78, 5) is 0. The summed E-state index contributed by atoms with van der Waals surface area (Å²) in [5.74, 6) is 0. The van der Waals surface area contributed by atoms with E-state index in [9.17, 15) is 0 Å². The third-order valence-electron chi connectivity index (χ3n) is 1.92. The average Bonchev–Trinajstić information content (AvgIpc) is 1.92. The fourth-order valence-electron chi connectivity index (χ4n) is 1.25. The van der Waals surface area contributed by atoms with Gasteiger partial charge in [-0.3, -0.25) is 0 Å². The predicted molar refractivity (Wildman–Crippen MR) is 38.5 cm³/mol. The van der Waals surface area contributed by atoms with Crippen molar-refractivity contribution >= 4 is 0 Å². The van der Waals surface area contributed by atoms with E-state index in [0.717, 1.165) is 6.61 Å². The number of rotatable bonds is 0. The molecule has 1 saturated heterocycles. The lowest BCUT2D eigenvalue weighted by atomic mass is 10.0. The third-order valence-corrected chi connectivity index (χ3v) is 1.92. The zero-order valence-electron chi connectivity index (χ0n) is 6.44. The molecule has 1 heterocycles. The van der Waals surface area contributed by atoms with Crippen LogP contribution in [0, 0.1) is 0 Å². The lowest BCUT2D eigenvalue weighted by Crippen LogP contribution is -2.22. The van der Waals surface area contributed by atoms with E-state index in [1.807, 2.05) is 0 Å². The van der Waals surface area contributed by atoms with Crippen molar-refractivity contribution in [2.75, 3.05) is 6.61 Å². The molecule has 1 fully saturated rings. The van der Waals surface area contributed by atoms with E-state index < -0.39 is 0 Å². The minimum atomic E-state index is 0.163. The average molecular weight is 128 g/mol. The topological polar surface area (TPSA) is 9.23 Å². The summed E-state index contributed by atoms with van der Waals surface area (Å²) in [5.41, 5.74) is 0.163. The molecule has 0 aromatic rings. The SMILES string of the molecule is CC1(C)CCCCCO1. The van der Waals surface area contributed by atoms with Crippen molar-refractivity contribution in [2.24, 2.45) is 0 Å². The summed E-state index contributed by atoms with van der Waals surface area (Å²) in [5, 5.41) is 0. The molecule has 0 aliphatic carbocycles. The number of ether oxygens (including phenoxy) is 1. The van der Waals surface area contributed by atoms with Crippen molar-refractivity contribution in [3.63, 3.8) is 0 Å². The van der Waals surface area contributed by atoms with Gasteiger partial charge in [-0.25, -0.2) is 0 Å². The Morgan fingerprint density at radius 3 is 2.67 bits per heavy atom. The maximum atomic E-state index is 5.59. The minimum absolute atomic E-state index is 0.163. The monoisotopic (exact) mass is 128 g/mol. The first-order chi connectivity index (χ1) is 4.21. The number of hydrogen-bond acceptors (Lipinski definition) is 1. The lowest BCUT2D eigenvalue weighted by molar-refractivity contribution is -0.0130. The third kappa shape index (κ3) is 2.35. The Morgan fingerprint density at radius 2 is 1.89 bits per heavy atom. The van der Waals surface area contributed by atoms with Crippen LogP contribution in [0.15, 0.2) is 0 Å². The van der Waals surface area contributed by atoms with E-state index in [1.54, 1.807) is 0 Å². The van der Waals surface area contributed by atoms with Gasteiger partial charge in [-0.1, -0.05) is 12.8 Å². The van der Waals surface area contributed by atoms with Gasteiger partial charge in [0.05, 0.1) is 5.60 Å². The molecule has 1 aliphatic heterocycles. The van der Waals surface area contributed by atoms with Crippen LogP contribution in [0.2, 0.25) is 0 Å². The molecule has 0 spiro atoms. The summed E-state index contributed by atoms with van der Waals surface area (Å²) in [6.45, 7) is 5.32. The highest BCUT2D eigenvalue weighted by Gasteiger charge is 2.19. The van der Waals surface area contributed by atoms with Gasteiger partial charge in [0.2, 0.25) is 0 Å². The van der Waals surface area contributed by atoms with Crippen molar-refractivity contribution in [2.45, 2.75) is 45.1 Å². The van der Waals surface area contributed by atoms with Gasteiger partial charge in [-0.2, -0.15) is 0 Å². The minimum Gasteiger partial charge on any atom is -0.376 e. The molecule has 1 heteroatoms. The Labute approximate surface area is 57.4 Å². The Balaban J connectivity index is 2.36. The standard InChI is InChI=1S/C8H16O/c1-8(2)6-4-3-5-7-9-8/h3-7H2,1-2H3. The second-order valence-corrected chi connectivity index (χ2v) is 3.42. The highest BCUT2D eigenvalue weighted by molar-refractivity contribution is 4.70. The molecule has 1 rings (SSSR count). The molecular formula is C8H16O. The predicted octanol–water partition coefficient (Wildman–Crippen LogP) is 2.36. The number of hydrogen-bond donors (Lipinski definition) is 0. The van der Waals surface area contributed by atoms with Crippen molar-refractivity contribution in [3.8, 4) is 0 Å². The first-order valence-electron chi connectivity index (χ1n) is 3.85. The molecule has 0 N–H and O–H groups in total. The Bertz CT molecular complexity index is 76.6. The van der Waals surface area contributed by atoms with Crippen molar-refractivity contribution in [3.05, 3.63) is 0 Å². The van der Waals surface area contributed by atoms with Crippen LogP contribution in [0.1, 0.15) is 39.5 Å². The first kappa shape index (κ1) is 7.07. The Hall–Kier alpha value is -0.0400. The molecule has 9 heavy (non-hydrogen) atoms. The molecule has 1 aliphatic rings. The highest BCUT2D eigenvalue weighted by Crippen LogP contribution is 2.22. The van der Waals surface area contributed by atoms with Crippen molar-refractivity contribution in [1.82, 2.24) is 0 Å². The largest absolute Gasteiger partial charge is 0.376 e. The van der Waals surface area contributed by atoms with Crippen molar-refractivity contribution < 1.29 is 4.74 Å². The molecule has 0 unspecified atom stereocenters. The molecule has 0 atom stereocenters. The fraction of sp³-hybridized carbons (Fsp3) is 1.00. The van der Waals surface area contributed by atoms with E-state index >= 15 is 0 Å². The van der Waals surface area contributed by atoms with Crippen LogP contribution in [-0.4, -0.2) is 12.2 Å². The van der Waals surface area contributed by atoms with E-state index in [4.69, 9.17) is 4.74 Å². The zero-order valence-corrected chi connectivity index (χ0v) is 6.44. The zero-order chi connectivity index (χ0) is 6.74. The lowest BCUT2D eigenvalue weighted by Gasteiger charge is -2.21. The molecule has 54 valence electrons. The van der Waals surface area contributed by atoms with Crippen LogP contribution >= 0.6 is 0 Å².